The Balaban J connectivity index is 1.89. The number of anilines is 1. The largest absolute Gasteiger partial charge is 0.492 e. The normalized spacial score (nSPS) is 12.2. The summed E-state index contributed by atoms with van der Waals surface area (Å²) in [7, 11) is -4.10. The number of ether oxygens (including phenoxy) is 1. The standard InChI is InChI=1S/C23H21Cl3N2O4S/c1-2-32-22-11-9-17(14-19(22)26)33(30,31)28-21(12-15-6-4-3-5-7-15)23(29)27-20-13-16(24)8-10-18(20)25/h3-11,13-14,21,28H,2,12H2,1H3,(H,27,29)/t21-/m1/s1. The van der Waals surface area contributed by atoms with E-state index in [0.29, 0.717) is 17.4 Å². The van der Waals surface area contributed by atoms with Gasteiger partial charge in [-0.15, -0.1) is 0 Å². The van der Waals surface area contributed by atoms with Crippen LogP contribution in [0.3, 0.4) is 0 Å². The number of carbonyl (C=O) groups is 1. The number of amides is 1. The summed E-state index contributed by atoms with van der Waals surface area (Å²) in [4.78, 5) is 13.0. The SMILES string of the molecule is CCOc1ccc(S(=O)(=O)N[C@H](Cc2ccccc2)C(=O)Nc2cc(Cl)ccc2Cl)cc1Cl. The van der Waals surface area contributed by atoms with Gasteiger partial charge in [-0.05, 0) is 55.3 Å². The second-order valence-corrected chi connectivity index (χ2v) is 9.97. The number of hydrogen-bond donors (Lipinski definition) is 2. The second kappa shape index (κ2) is 11.2. The fourth-order valence-corrected chi connectivity index (χ4v) is 4.89. The molecule has 3 rings (SSSR count). The Morgan fingerprint density at radius 1 is 0.970 bits per heavy atom. The molecule has 3 aromatic rings. The fraction of sp³-hybridized carbons (Fsp3) is 0.174. The zero-order valence-electron chi connectivity index (χ0n) is 17.5. The number of halogens is 3. The molecule has 0 radical (unpaired) electrons. The first kappa shape index (κ1) is 25.3. The van der Waals surface area contributed by atoms with Gasteiger partial charge in [0.05, 0.1) is 27.2 Å². The van der Waals surface area contributed by atoms with Crippen LogP contribution in [0.25, 0.3) is 0 Å². The third kappa shape index (κ3) is 6.85. The van der Waals surface area contributed by atoms with Crippen LogP contribution in [0.1, 0.15) is 12.5 Å². The molecule has 0 heterocycles. The van der Waals surface area contributed by atoms with Crippen LogP contribution >= 0.6 is 34.8 Å². The average Bonchev–Trinajstić information content (AvgIpc) is 2.78. The van der Waals surface area contributed by atoms with Crippen molar-refractivity contribution in [3.8, 4) is 5.75 Å². The average molecular weight is 528 g/mol. The molecule has 0 aliphatic heterocycles. The van der Waals surface area contributed by atoms with Gasteiger partial charge >= 0.3 is 0 Å². The van der Waals surface area contributed by atoms with E-state index in [4.69, 9.17) is 39.5 Å². The van der Waals surface area contributed by atoms with E-state index < -0.39 is 22.0 Å². The zero-order chi connectivity index (χ0) is 24.0. The number of carbonyl (C=O) groups excluding carboxylic acids is 1. The molecule has 33 heavy (non-hydrogen) atoms. The Morgan fingerprint density at radius 2 is 1.70 bits per heavy atom. The molecule has 0 saturated heterocycles. The molecule has 2 N–H and O–H groups in total. The molecule has 0 bridgehead atoms. The van der Waals surface area contributed by atoms with Gasteiger partial charge in [-0.1, -0.05) is 65.1 Å². The third-order valence-corrected chi connectivity index (χ3v) is 6.93. The minimum Gasteiger partial charge on any atom is -0.492 e. The fourth-order valence-electron chi connectivity index (χ4n) is 3.03. The van der Waals surface area contributed by atoms with Gasteiger partial charge in [0.15, 0.2) is 0 Å². The molecule has 174 valence electrons. The molecule has 0 unspecified atom stereocenters. The zero-order valence-corrected chi connectivity index (χ0v) is 20.6. The predicted molar refractivity (Wildman–Crippen MR) is 132 cm³/mol. The maximum absolute atomic E-state index is 13.1. The van der Waals surface area contributed by atoms with Gasteiger partial charge in [-0.2, -0.15) is 4.72 Å². The van der Waals surface area contributed by atoms with E-state index in [-0.39, 0.29) is 27.0 Å². The number of sulfonamides is 1. The number of benzene rings is 3. The van der Waals surface area contributed by atoms with Crippen molar-refractivity contribution in [3.05, 3.63) is 87.4 Å². The smallest absolute Gasteiger partial charge is 0.242 e. The molecule has 1 amide bonds. The Morgan fingerprint density at radius 3 is 2.36 bits per heavy atom. The lowest BCUT2D eigenvalue weighted by molar-refractivity contribution is -0.117. The maximum Gasteiger partial charge on any atom is 0.242 e. The van der Waals surface area contributed by atoms with Crippen LogP contribution in [-0.4, -0.2) is 27.0 Å². The Labute approximate surface area is 207 Å². The summed E-state index contributed by atoms with van der Waals surface area (Å²) in [6, 6.07) is 16.6. The summed E-state index contributed by atoms with van der Waals surface area (Å²) in [6.45, 7) is 2.18. The predicted octanol–water partition coefficient (Wildman–Crippen LogP) is 5.57. The van der Waals surface area contributed by atoms with Crippen molar-refractivity contribution in [2.45, 2.75) is 24.3 Å². The van der Waals surface area contributed by atoms with Gasteiger partial charge < -0.3 is 10.1 Å². The summed E-state index contributed by atoms with van der Waals surface area (Å²) in [5.74, 6) is -0.226. The molecular formula is C23H21Cl3N2O4S. The molecule has 0 aromatic heterocycles. The summed E-state index contributed by atoms with van der Waals surface area (Å²) < 4.78 is 34.0. The quantitative estimate of drug-likeness (QED) is 0.381. The first-order valence-corrected chi connectivity index (χ1v) is 12.6. The molecular weight excluding hydrogens is 507 g/mol. The number of hydrogen-bond acceptors (Lipinski definition) is 4. The molecule has 0 aliphatic rings. The lowest BCUT2D eigenvalue weighted by Gasteiger charge is -2.20. The molecule has 1 atom stereocenters. The summed E-state index contributed by atoms with van der Waals surface area (Å²) in [6.07, 6.45) is 0.106. The molecule has 0 aliphatic carbocycles. The lowest BCUT2D eigenvalue weighted by atomic mass is 10.1. The van der Waals surface area contributed by atoms with Crippen LogP contribution in [-0.2, 0) is 21.2 Å². The van der Waals surface area contributed by atoms with Crippen LogP contribution in [0, 0.1) is 0 Å². The molecule has 0 saturated carbocycles. The van der Waals surface area contributed by atoms with Gasteiger partial charge in [-0.25, -0.2) is 8.42 Å². The molecule has 10 heteroatoms. The number of nitrogens with one attached hydrogen (secondary N) is 2. The highest BCUT2D eigenvalue weighted by molar-refractivity contribution is 7.89. The highest BCUT2D eigenvalue weighted by atomic mass is 35.5. The van der Waals surface area contributed by atoms with Gasteiger partial charge in [0.25, 0.3) is 0 Å². The Bertz CT molecular complexity index is 1240. The highest BCUT2D eigenvalue weighted by Gasteiger charge is 2.27. The van der Waals surface area contributed by atoms with E-state index in [0.717, 1.165) is 5.56 Å². The lowest BCUT2D eigenvalue weighted by Crippen LogP contribution is -2.45. The maximum atomic E-state index is 13.1. The van der Waals surface area contributed by atoms with Crippen LogP contribution in [0.4, 0.5) is 5.69 Å². The summed E-state index contributed by atoms with van der Waals surface area (Å²) in [5, 5.41) is 3.45. The van der Waals surface area contributed by atoms with Gasteiger partial charge in [0.2, 0.25) is 15.9 Å². The number of rotatable bonds is 9. The monoisotopic (exact) mass is 526 g/mol. The van der Waals surface area contributed by atoms with Crippen molar-refractivity contribution in [1.29, 1.82) is 0 Å². The van der Waals surface area contributed by atoms with Crippen molar-refractivity contribution in [2.24, 2.45) is 0 Å². The molecule has 6 nitrogen and oxygen atoms in total. The van der Waals surface area contributed by atoms with Crippen molar-refractivity contribution < 1.29 is 17.9 Å². The highest BCUT2D eigenvalue weighted by Crippen LogP contribution is 2.28. The van der Waals surface area contributed by atoms with Crippen molar-refractivity contribution in [3.63, 3.8) is 0 Å². The minimum atomic E-state index is -4.10. The van der Waals surface area contributed by atoms with Gasteiger partial charge in [0.1, 0.15) is 11.8 Å². The Kier molecular flexibility index (Phi) is 8.62. The van der Waals surface area contributed by atoms with E-state index in [1.165, 1.54) is 30.3 Å². The molecule has 0 fully saturated rings. The van der Waals surface area contributed by atoms with Gasteiger partial charge in [-0.3, -0.25) is 4.79 Å². The van der Waals surface area contributed by atoms with E-state index in [9.17, 15) is 13.2 Å². The van der Waals surface area contributed by atoms with E-state index in [2.05, 4.69) is 10.0 Å². The second-order valence-electron chi connectivity index (χ2n) is 7.00. The van der Waals surface area contributed by atoms with Gasteiger partial charge in [0, 0.05) is 5.02 Å². The van der Waals surface area contributed by atoms with Crippen LogP contribution in [0.15, 0.2) is 71.6 Å². The summed E-state index contributed by atoms with van der Waals surface area (Å²) >= 11 is 18.3. The van der Waals surface area contributed by atoms with Crippen LogP contribution in [0.2, 0.25) is 15.1 Å². The van der Waals surface area contributed by atoms with E-state index in [1.807, 2.05) is 6.07 Å². The van der Waals surface area contributed by atoms with E-state index >= 15 is 0 Å². The van der Waals surface area contributed by atoms with Crippen molar-refractivity contribution in [1.82, 2.24) is 4.72 Å². The first-order chi connectivity index (χ1) is 15.7. The topological polar surface area (TPSA) is 84.5 Å². The minimum absolute atomic E-state index is 0.0948. The van der Waals surface area contributed by atoms with Crippen LogP contribution < -0.4 is 14.8 Å². The van der Waals surface area contributed by atoms with Crippen LogP contribution in [0.5, 0.6) is 5.75 Å². The van der Waals surface area contributed by atoms with Crippen molar-refractivity contribution in [2.75, 3.05) is 11.9 Å². The third-order valence-electron chi connectivity index (χ3n) is 4.60. The first-order valence-electron chi connectivity index (χ1n) is 9.94. The van der Waals surface area contributed by atoms with Crippen molar-refractivity contribution >= 4 is 56.4 Å². The molecule has 0 spiro atoms. The van der Waals surface area contributed by atoms with E-state index in [1.54, 1.807) is 37.3 Å². The summed E-state index contributed by atoms with van der Waals surface area (Å²) in [5.41, 5.74) is 1.04. The molecule has 3 aromatic carbocycles. The Hall–Kier alpha value is -2.29.